The van der Waals surface area contributed by atoms with Crippen molar-refractivity contribution in [1.82, 2.24) is 4.90 Å². The first-order valence-corrected chi connectivity index (χ1v) is 10.7. The van der Waals surface area contributed by atoms with E-state index < -0.39 is 5.97 Å². The van der Waals surface area contributed by atoms with E-state index in [1.54, 1.807) is 41.3 Å². The molecular formula is C23H21FN2O3S. The van der Waals surface area contributed by atoms with E-state index in [1.807, 2.05) is 0 Å². The number of amides is 1. The molecule has 0 unspecified atom stereocenters. The monoisotopic (exact) mass is 424 g/mol. The van der Waals surface area contributed by atoms with E-state index in [2.05, 4.69) is 4.99 Å². The van der Waals surface area contributed by atoms with Crippen LogP contribution >= 0.6 is 11.8 Å². The van der Waals surface area contributed by atoms with Crippen LogP contribution in [0, 0.1) is 5.82 Å². The molecule has 0 radical (unpaired) electrons. The second-order valence-electron chi connectivity index (χ2n) is 7.35. The molecule has 1 saturated carbocycles. The van der Waals surface area contributed by atoms with Crippen molar-refractivity contribution >= 4 is 40.6 Å². The lowest BCUT2D eigenvalue weighted by atomic mass is 9.94. The lowest BCUT2D eigenvalue weighted by Gasteiger charge is -2.30. The Morgan fingerprint density at radius 3 is 2.63 bits per heavy atom. The molecule has 2 fully saturated rings. The second kappa shape index (κ2) is 8.83. The molecule has 30 heavy (non-hydrogen) atoms. The zero-order valence-corrected chi connectivity index (χ0v) is 17.1. The van der Waals surface area contributed by atoms with Crippen molar-refractivity contribution in [3.63, 3.8) is 0 Å². The fraction of sp³-hybridized carbons (Fsp3) is 0.261. The SMILES string of the molecule is O=C(O)c1cccc(N=C2S/C(=C\c3ccccc3F)C(=O)N2C2CCCCC2)c1. The van der Waals surface area contributed by atoms with Gasteiger partial charge in [-0.25, -0.2) is 14.2 Å². The summed E-state index contributed by atoms with van der Waals surface area (Å²) >= 11 is 1.21. The molecule has 5 nitrogen and oxygen atoms in total. The van der Waals surface area contributed by atoms with Gasteiger partial charge in [0.25, 0.3) is 5.91 Å². The van der Waals surface area contributed by atoms with E-state index in [9.17, 15) is 19.1 Å². The summed E-state index contributed by atoms with van der Waals surface area (Å²) < 4.78 is 14.1. The predicted molar refractivity (Wildman–Crippen MR) is 116 cm³/mol. The van der Waals surface area contributed by atoms with Crippen LogP contribution in [0.15, 0.2) is 58.4 Å². The quantitative estimate of drug-likeness (QED) is 0.662. The van der Waals surface area contributed by atoms with E-state index in [4.69, 9.17) is 0 Å². The third-order valence-electron chi connectivity index (χ3n) is 5.29. The molecule has 1 aliphatic heterocycles. The summed E-state index contributed by atoms with van der Waals surface area (Å²) in [4.78, 5) is 31.3. The van der Waals surface area contributed by atoms with E-state index >= 15 is 0 Å². The fourth-order valence-corrected chi connectivity index (χ4v) is 4.83. The lowest BCUT2D eigenvalue weighted by Crippen LogP contribution is -2.40. The molecular weight excluding hydrogens is 403 g/mol. The Morgan fingerprint density at radius 1 is 1.13 bits per heavy atom. The highest BCUT2D eigenvalue weighted by Crippen LogP contribution is 2.38. The molecule has 0 bridgehead atoms. The summed E-state index contributed by atoms with van der Waals surface area (Å²) in [5.41, 5.74) is 0.960. The maximum Gasteiger partial charge on any atom is 0.335 e. The minimum atomic E-state index is -1.03. The van der Waals surface area contributed by atoms with Gasteiger partial charge in [0.2, 0.25) is 0 Å². The molecule has 1 aliphatic carbocycles. The molecule has 1 heterocycles. The van der Waals surface area contributed by atoms with Crippen LogP contribution in [0.2, 0.25) is 0 Å². The summed E-state index contributed by atoms with van der Waals surface area (Å²) in [5.74, 6) is -1.60. The van der Waals surface area contributed by atoms with Crippen LogP contribution in [0.5, 0.6) is 0 Å². The molecule has 1 saturated heterocycles. The topological polar surface area (TPSA) is 70.0 Å². The van der Waals surface area contributed by atoms with Gasteiger partial charge < -0.3 is 5.11 Å². The molecule has 2 aromatic rings. The lowest BCUT2D eigenvalue weighted by molar-refractivity contribution is -0.124. The third-order valence-corrected chi connectivity index (χ3v) is 6.27. The number of rotatable bonds is 4. The highest BCUT2D eigenvalue weighted by molar-refractivity contribution is 8.18. The second-order valence-corrected chi connectivity index (χ2v) is 8.36. The van der Waals surface area contributed by atoms with Crippen LogP contribution in [0.3, 0.4) is 0 Å². The van der Waals surface area contributed by atoms with Crippen molar-refractivity contribution in [3.05, 3.63) is 70.4 Å². The molecule has 154 valence electrons. The number of carboxylic acid groups (broad SMARTS) is 1. The van der Waals surface area contributed by atoms with Crippen LogP contribution in [0.1, 0.15) is 48.0 Å². The Hall–Kier alpha value is -2.93. The fourth-order valence-electron chi connectivity index (χ4n) is 3.78. The summed E-state index contributed by atoms with van der Waals surface area (Å²) in [5, 5.41) is 9.75. The number of hydrogen-bond acceptors (Lipinski definition) is 4. The van der Waals surface area contributed by atoms with Crippen molar-refractivity contribution in [2.24, 2.45) is 4.99 Å². The van der Waals surface area contributed by atoms with E-state index in [1.165, 1.54) is 30.0 Å². The number of amidine groups is 1. The smallest absolute Gasteiger partial charge is 0.335 e. The first-order valence-electron chi connectivity index (χ1n) is 9.92. The standard InChI is InChI=1S/C23H21FN2O3S/c24-19-12-5-4-7-15(19)14-20-21(27)26(18-10-2-1-3-11-18)23(30-20)25-17-9-6-8-16(13-17)22(28)29/h4-9,12-14,18H,1-3,10-11H2,(H,28,29)/b20-14-,25-23?. The molecule has 0 spiro atoms. The zero-order chi connectivity index (χ0) is 21.1. The van der Waals surface area contributed by atoms with Crippen LogP contribution in [-0.4, -0.2) is 33.1 Å². The van der Waals surface area contributed by atoms with Gasteiger partial charge in [0.15, 0.2) is 5.17 Å². The normalized spacial score (nSPS) is 20.3. The highest BCUT2D eigenvalue weighted by Gasteiger charge is 2.38. The minimum absolute atomic E-state index is 0.0478. The van der Waals surface area contributed by atoms with Gasteiger partial charge >= 0.3 is 5.97 Å². The molecule has 0 atom stereocenters. The number of thioether (sulfide) groups is 1. The predicted octanol–water partition coefficient (Wildman–Crippen LogP) is 5.46. The maximum atomic E-state index is 14.1. The third kappa shape index (κ3) is 4.31. The summed E-state index contributed by atoms with van der Waals surface area (Å²) in [7, 11) is 0. The van der Waals surface area contributed by atoms with Crippen molar-refractivity contribution in [2.45, 2.75) is 38.1 Å². The van der Waals surface area contributed by atoms with Crippen LogP contribution in [-0.2, 0) is 4.79 Å². The van der Waals surface area contributed by atoms with Crippen molar-refractivity contribution in [1.29, 1.82) is 0 Å². The van der Waals surface area contributed by atoms with Crippen molar-refractivity contribution in [3.8, 4) is 0 Å². The molecule has 7 heteroatoms. The number of carboxylic acids is 1. The number of nitrogens with zero attached hydrogens (tertiary/aromatic N) is 2. The molecule has 1 amide bonds. The summed E-state index contributed by atoms with van der Waals surface area (Å²) in [6, 6.07) is 12.7. The number of hydrogen-bond donors (Lipinski definition) is 1. The average Bonchev–Trinajstić information content (AvgIpc) is 3.05. The average molecular weight is 424 g/mol. The Morgan fingerprint density at radius 2 is 1.90 bits per heavy atom. The summed E-state index contributed by atoms with van der Waals surface area (Å²) in [6.07, 6.45) is 6.60. The Labute approximate surface area is 178 Å². The van der Waals surface area contributed by atoms with Gasteiger partial charge in [-0.1, -0.05) is 43.5 Å². The Bertz CT molecular complexity index is 1040. The van der Waals surface area contributed by atoms with E-state index in [-0.39, 0.29) is 23.3 Å². The van der Waals surface area contributed by atoms with Gasteiger partial charge in [0.1, 0.15) is 5.82 Å². The Balaban J connectivity index is 1.73. The molecule has 1 N–H and O–H groups in total. The van der Waals surface area contributed by atoms with Crippen LogP contribution in [0.25, 0.3) is 6.08 Å². The number of aromatic carboxylic acids is 1. The number of carbonyl (C=O) groups excluding carboxylic acids is 1. The van der Waals surface area contributed by atoms with Crippen molar-refractivity contribution < 1.29 is 19.1 Å². The Kier molecular flexibility index (Phi) is 5.99. The molecule has 2 aromatic carbocycles. The number of carbonyl (C=O) groups is 2. The molecule has 2 aliphatic rings. The molecule has 0 aromatic heterocycles. The van der Waals surface area contributed by atoms with E-state index in [0.717, 1.165) is 32.1 Å². The zero-order valence-electron chi connectivity index (χ0n) is 16.3. The van der Waals surface area contributed by atoms with E-state index in [0.29, 0.717) is 21.3 Å². The molecule has 4 rings (SSSR count). The van der Waals surface area contributed by atoms with Crippen LogP contribution < -0.4 is 0 Å². The van der Waals surface area contributed by atoms with Gasteiger partial charge in [0, 0.05) is 11.6 Å². The summed E-state index contributed by atoms with van der Waals surface area (Å²) in [6.45, 7) is 0. The number of aliphatic imine (C=N–C) groups is 1. The van der Waals surface area contributed by atoms with Gasteiger partial charge in [-0.05, 0) is 54.9 Å². The first kappa shape index (κ1) is 20.3. The largest absolute Gasteiger partial charge is 0.478 e. The van der Waals surface area contributed by atoms with Gasteiger partial charge in [0.05, 0.1) is 16.2 Å². The number of benzene rings is 2. The van der Waals surface area contributed by atoms with Gasteiger partial charge in [-0.3, -0.25) is 9.69 Å². The number of halogens is 1. The van der Waals surface area contributed by atoms with Gasteiger partial charge in [-0.2, -0.15) is 0 Å². The highest BCUT2D eigenvalue weighted by atomic mass is 32.2. The first-order chi connectivity index (χ1) is 14.5. The van der Waals surface area contributed by atoms with Crippen molar-refractivity contribution in [2.75, 3.05) is 0 Å². The maximum absolute atomic E-state index is 14.1. The van der Waals surface area contributed by atoms with Crippen LogP contribution in [0.4, 0.5) is 10.1 Å². The van der Waals surface area contributed by atoms with Gasteiger partial charge in [-0.15, -0.1) is 0 Å². The minimum Gasteiger partial charge on any atom is -0.478 e.